The number of benzene rings is 3. The number of morpholine rings is 1. The maximum atomic E-state index is 15.4. The highest BCUT2D eigenvalue weighted by molar-refractivity contribution is 7.98. The Morgan fingerprint density at radius 2 is 1.69 bits per heavy atom. The molecule has 11 nitrogen and oxygen atoms in total. The first-order valence-electron chi connectivity index (χ1n) is 15.3. The first kappa shape index (κ1) is 38.8. The topological polar surface area (TPSA) is 151 Å². The van der Waals surface area contributed by atoms with Crippen LogP contribution in [0.1, 0.15) is 30.7 Å². The number of ketones is 1. The number of hydrogen-bond acceptors (Lipinski definition) is 10. The Balaban J connectivity index is 1.46. The summed E-state index contributed by atoms with van der Waals surface area (Å²) in [6, 6.07) is 9.71. The van der Waals surface area contributed by atoms with Crippen LogP contribution < -0.4 is 9.88 Å². The van der Waals surface area contributed by atoms with E-state index < -0.39 is 64.7 Å². The Morgan fingerprint density at radius 1 is 1.02 bits per heavy atom. The molecule has 0 aliphatic carbocycles. The van der Waals surface area contributed by atoms with Gasteiger partial charge in [-0.25, -0.2) is 40.1 Å². The van der Waals surface area contributed by atoms with Gasteiger partial charge in [-0.3, -0.25) is 14.3 Å². The second-order valence-corrected chi connectivity index (χ2v) is 17.1. The number of sulfone groups is 1. The molecule has 1 aliphatic heterocycles. The van der Waals surface area contributed by atoms with Crippen LogP contribution in [0.15, 0.2) is 69.7 Å². The molecular formula is C33H34ClF3N4O7S3. The van der Waals surface area contributed by atoms with Gasteiger partial charge in [0, 0.05) is 35.9 Å². The lowest BCUT2D eigenvalue weighted by atomic mass is 9.81. The molecule has 0 radical (unpaired) electrons. The highest BCUT2D eigenvalue weighted by Crippen LogP contribution is 2.39. The van der Waals surface area contributed by atoms with Crippen LogP contribution in [0.3, 0.4) is 0 Å². The molecule has 1 fully saturated rings. The van der Waals surface area contributed by atoms with Crippen molar-refractivity contribution >= 4 is 49.0 Å². The van der Waals surface area contributed by atoms with E-state index >= 15 is 8.78 Å². The van der Waals surface area contributed by atoms with Crippen LogP contribution in [-0.4, -0.2) is 82.8 Å². The summed E-state index contributed by atoms with van der Waals surface area (Å²) in [6.45, 7) is 5.26. The van der Waals surface area contributed by atoms with E-state index in [2.05, 4.69) is 4.98 Å². The van der Waals surface area contributed by atoms with Crippen molar-refractivity contribution in [2.24, 2.45) is 5.14 Å². The standard InChI is InChI=1S/C33H34ClF3N4O7S3/c1-33(2,20-4-7-30(25(34)12-20)51(38,45)46)31-16-39-32(41(31)21-5-6-26(35)29(13-21)47-3)49-18-24-27(36)14-23(15-28(24)37)50(43,44)19-22(42)17-40-8-10-48-11-9-40/h4-7,12-16H,8-11,17-19H2,1-3H3,(H2,38,45,46). The van der Waals surface area contributed by atoms with E-state index in [0.717, 1.165) is 11.8 Å². The highest BCUT2D eigenvalue weighted by Gasteiger charge is 2.32. The summed E-state index contributed by atoms with van der Waals surface area (Å²) in [6.07, 6.45) is 1.51. The van der Waals surface area contributed by atoms with Crippen LogP contribution in [0.4, 0.5) is 13.2 Å². The number of rotatable bonds is 13. The Hall–Kier alpha value is -3.45. The van der Waals surface area contributed by atoms with Gasteiger partial charge in [0.1, 0.15) is 22.3 Å². The van der Waals surface area contributed by atoms with Gasteiger partial charge >= 0.3 is 0 Å². The van der Waals surface area contributed by atoms with E-state index in [0.29, 0.717) is 55.4 Å². The van der Waals surface area contributed by atoms with Gasteiger partial charge in [0.25, 0.3) is 0 Å². The van der Waals surface area contributed by atoms with Gasteiger partial charge in [-0.15, -0.1) is 0 Å². The van der Waals surface area contributed by atoms with E-state index in [1.165, 1.54) is 49.7 Å². The number of sulfonamides is 1. The average molecular weight is 787 g/mol. The van der Waals surface area contributed by atoms with Crippen molar-refractivity contribution in [1.82, 2.24) is 14.5 Å². The molecule has 51 heavy (non-hydrogen) atoms. The number of nitrogens with zero attached hydrogens (tertiary/aromatic N) is 3. The zero-order chi connectivity index (χ0) is 37.3. The quantitative estimate of drug-likeness (QED) is 0.186. The fraction of sp³-hybridized carbons (Fsp3) is 0.333. The van der Waals surface area contributed by atoms with Crippen LogP contribution >= 0.6 is 23.4 Å². The van der Waals surface area contributed by atoms with Crippen molar-refractivity contribution in [3.63, 3.8) is 0 Å². The largest absolute Gasteiger partial charge is 0.494 e. The molecule has 3 aromatic carbocycles. The lowest BCUT2D eigenvalue weighted by Gasteiger charge is -2.28. The number of primary sulfonamides is 1. The zero-order valence-electron chi connectivity index (χ0n) is 27.7. The number of Topliss-reactive ketones (excluding diaryl/α,β-unsaturated/α-hetero) is 1. The zero-order valence-corrected chi connectivity index (χ0v) is 30.9. The minimum absolute atomic E-state index is 0.0845. The third kappa shape index (κ3) is 8.62. The van der Waals surface area contributed by atoms with Gasteiger partial charge in [0.15, 0.2) is 32.3 Å². The summed E-state index contributed by atoms with van der Waals surface area (Å²) in [5, 5.41) is 5.40. The third-order valence-electron chi connectivity index (χ3n) is 8.40. The second-order valence-electron chi connectivity index (χ2n) is 12.2. The fourth-order valence-electron chi connectivity index (χ4n) is 5.57. The van der Waals surface area contributed by atoms with Crippen molar-refractivity contribution in [3.8, 4) is 11.4 Å². The molecule has 0 amide bonds. The summed E-state index contributed by atoms with van der Waals surface area (Å²) >= 11 is 7.22. The third-order valence-corrected chi connectivity index (χ3v) is 12.4. The molecule has 1 saturated heterocycles. The molecule has 5 rings (SSSR count). The summed E-state index contributed by atoms with van der Waals surface area (Å²) < 4.78 is 107. The molecule has 4 aromatic rings. The maximum absolute atomic E-state index is 15.4. The van der Waals surface area contributed by atoms with E-state index in [1.54, 1.807) is 9.47 Å². The number of imidazole rings is 1. The minimum atomic E-state index is -4.35. The van der Waals surface area contributed by atoms with Crippen LogP contribution in [-0.2, 0) is 40.6 Å². The predicted molar refractivity (Wildman–Crippen MR) is 185 cm³/mol. The first-order chi connectivity index (χ1) is 23.9. The molecule has 0 spiro atoms. The SMILES string of the molecule is COc1cc(-n2c(C(C)(C)c3ccc(S(N)(=O)=O)c(Cl)c3)cnc2SCc2c(F)cc(S(=O)(=O)CC(=O)CN3CCOCC3)cc2F)ccc1F. The Kier molecular flexibility index (Phi) is 11.6. The summed E-state index contributed by atoms with van der Waals surface area (Å²) in [4.78, 5) is 17.8. The number of aromatic nitrogens is 2. The number of carbonyl (C=O) groups excluding carboxylic acids is 1. The predicted octanol–water partition coefficient (Wildman–Crippen LogP) is 4.89. The monoisotopic (exact) mass is 786 g/mol. The van der Waals surface area contributed by atoms with Gasteiger partial charge in [-0.05, 0) is 42.0 Å². The molecule has 274 valence electrons. The Bertz CT molecular complexity index is 2170. The van der Waals surface area contributed by atoms with Gasteiger partial charge in [-0.2, -0.15) is 0 Å². The van der Waals surface area contributed by atoms with Crippen LogP contribution in [0.25, 0.3) is 5.69 Å². The number of nitrogens with two attached hydrogens (primary N) is 1. The van der Waals surface area contributed by atoms with Crippen LogP contribution in [0.2, 0.25) is 5.02 Å². The molecule has 0 atom stereocenters. The van der Waals surface area contributed by atoms with Crippen LogP contribution in [0, 0.1) is 17.5 Å². The first-order valence-corrected chi connectivity index (χ1v) is 19.9. The summed E-state index contributed by atoms with van der Waals surface area (Å²) in [7, 11) is -7.16. The van der Waals surface area contributed by atoms with E-state index in [-0.39, 0.29) is 33.1 Å². The van der Waals surface area contributed by atoms with Crippen molar-refractivity contribution < 1.29 is 44.3 Å². The number of halogens is 4. The number of carbonyl (C=O) groups is 1. The second kappa shape index (κ2) is 15.3. The molecule has 0 saturated carbocycles. The van der Waals surface area contributed by atoms with Gasteiger partial charge in [-0.1, -0.05) is 43.3 Å². The lowest BCUT2D eigenvalue weighted by Crippen LogP contribution is -2.40. The molecule has 1 aromatic heterocycles. The maximum Gasteiger partial charge on any atom is 0.239 e. The normalized spacial score (nSPS) is 14.5. The summed E-state index contributed by atoms with van der Waals surface area (Å²) in [5.41, 5.74) is 0.0644. The van der Waals surface area contributed by atoms with Gasteiger partial charge < -0.3 is 9.47 Å². The van der Waals surface area contributed by atoms with E-state index in [4.69, 9.17) is 26.2 Å². The molecule has 1 aliphatic rings. The number of methoxy groups -OCH3 is 1. The van der Waals surface area contributed by atoms with Crippen molar-refractivity contribution in [3.05, 3.63) is 94.0 Å². The van der Waals surface area contributed by atoms with Crippen molar-refractivity contribution in [1.29, 1.82) is 0 Å². The molecule has 0 unspecified atom stereocenters. The smallest absolute Gasteiger partial charge is 0.239 e. The molecule has 2 N–H and O–H groups in total. The van der Waals surface area contributed by atoms with Crippen molar-refractivity contribution in [2.75, 3.05) is 45.7 Å². The molecular weight excluding hydrogens is 753 g/mol. The van der Waals surface area contributed by atoms with E-state index in [1.807, 2.05) is 13.8 Å². The number of thioether (sulfide) groups is 1. The highest BCUT2D eigenvalue weighted by atomic mass is 35.5. The Morgan fingerprint density at radius 3 is 2.29 bits per heavy atom. The van der Waals surface area contributed by atoms with Crippen LogP contribution in [0.5, 0.6) is 5.75 Å². The van der Waals surface area contributed by atoms with Crippen molar-refractivity contribution in [2.45, 2.75) is 40.0 Å². The fourth-order valence-corrected chi connectivity index (χ4v) is 8.92. The number of hydrogen-bond donors (Lipinski definition) is 1. The van der Waals surface area contributed by atoms with Gasteiger partial charge in [0.05, 0.1) is 54.4 Å². The lowest BCUT2D eigenvalue weighted by molar-refractivity contribution is -0.118. The van der Waals surface area contributed by atoms with E-state index in [9.17, 15) is 26.0 Å². The molecule has 18 heteroatoms. The minimum Gasteiger partial charge on any atom is -0.494 e. The average Bonchev–Trinajstić information content (AvgIpc) is 3.49. The molecule has 2 heterocycles. The molecule has 0 bridgehead atoms. The van der Waals surface area contributed by atoms with Gasteiger partial charge in [0.2, 0.25) is 10.0 Å². The number of ether oxygens (including phenoxy) is 2. The Labute approximate surface area is 302 Å². The summed E-state index contributed by atoms with van der Waals surface area (Å²) in [5.74, 6) is -4.84.